The van der Waals surface area contributed by atoms with Crippen molar-refractivity contribution in [2.24, 2.45) is 0 Å². The van der Waals surface area contributed by atoms with Gasteiger partial charge in [-0.2, -0.15) is 5.12 Å². The van der Waals surface area contributed by atoms with E-state index in [1.807, 2.05) is 0 Å². The lowest BCUT2D eigenvalue weighted by Crippen LogP contribution is -2.54. The first-order valence-electron chi connectivity index (χ1n) is 6.11. The van der Waals surface area contributed by atoms with E-state index in [1.54, 1.807) is 0 Å². The van der Waals surface area contributed by atoms with E-state index >= 15 is 0 Å². The number of hydrazine groups is 2. The minimum absolute atomic E-state index is 1.26. The van der Waals surface area contributed by atoms with Crippen LogP contribution in [0.15, 0.2) is 0 Å². The fourth-order valence-corrected chi connectivity index (χ4v) is 2.51. The Morgan fingerprint density at radius 2 is 1.00 bits per heavy atom. The van der Waals surface area contributed by atoms with E-state index in [-0.39, 0.29) is 0 Å². The molecule has 2 aliphatic heterocycles. The number of piperidine rings is 2. The van der Waals surface area contributed by atoms with Crippen molar-refractivity contribution in [1.82, 2.24) is 15.1 Å². The maximum absolute atomic E-state index is 2.51. The van der Waals surface area contributed by atoms with Gasteiger partial charge in [-0.05, 0) is 25.7 Å². The summed E-state index contributed by atoms with van der Waals surface area (Å²) in [4.78, 5) is 0. The number of rotatable bonds is 2. The Kier molecular flexibility index (Phi) is 3.79. The molecular weight excluding hydrogens is 174 g/mol. The molecule has 2 aliphatic rings. The second-order valence-corrected chi connectivity index (χ2v) is 4.52. The summed E-state index contributed by atoms with van der Waals surface area (Å²) in [7, 11) is 2.23. The van der Waals surface area contributed by atoms with Gasteiger partial charge in [-0.3, -0.25) is 0 Å². The second kappa shape index (κ2) is 5.10. The van der Waals surface area contributed by atoms with Gasteiger partial charge in [0.2, 0.25) is 0 Å². The topological polar surface area (TPSA) is 9.72 Å². The Morgan fingerprint density at radius 1 is 0.643 bits per heavy atom. The molecule has 0 unspecified atom stereocenters. The zero-order valence-electron chi connectivity index (χ0n) is 9.41. The van der Waals surface area contributed by atoms with Crippen molar-refractivity contribution in [3.8, 4) is 0 Å². The largest absolute Gasteiger partial charge is 0.228 e. The van der Waals surface area contributed by atoms with Crippen molar-refractivity contribution in [2.45, 2.75) is 38.5 Å². The molecule has 82 valence electrons. The first kappa shape index (κ1) is 10.4. The lowest BCUT2D eigenvalue weighted by Gasteiger charge is -2.43. The lowest BCUT2D eigenvalue weighted by atomic mass is 10.1. The van der Waals surface area contributed by atoms with Crippen molar-refractivity contribution in [1.29, 1.82) is 0 Å². The van der Waals surface area contributed by atoms with Gasteiger partial charge in [0.1, 0.15) is 0 Å². The molecule has 0 saturated carbocycles. The molecule has 0 bridgehead atoms. The van der Waals surface area contributed by atoms with Crippen LogP contribution in [0.4, 0.5) is 0 Å². The van der Waals surface area contributed by atoms with Crippen LogP contribution in [0.2, 0.25) is 0 Å². The van der Waals surface area contributed by atoms with Crippen LogP contribution in [0.3, 0.4) is 0 Å². The first-order valence-corrected chi connectivity index (χ1v) is 6.11. The molecule has 3 heteroatoms. The molecular formula is C11H23N3. The van der Waals surface area contributed by atoms with Gasteiger partial charge in [-0.15, -0.1) is 0 Å². The van der Waals surface area contributed by atoms with Gasteiger partial charge < -0.3 is 0 Å². The number of hydrogen-bond donors (Lipinski definition) is 0. The molecule has 0 spiro atoms. The number of nitrogens with zero attached hydrogens (tertiary/aromatic N) is 3. The number of hydrogen-bond acceptors (Lipinski definition) is 3. The third kappa shape index (κ3) is 2.47. The van der Waals surface area contributed by atoms with Crippen LogP contribution in [-0.4, -0.2) is 48.4 Å². The smallest absolute Gasteiger partial charge is 0.0179 e. The average molecular weight is 197 g/mol. The Hall–Kier alpha value is -0.120. The van der Waals surface area contributed by atoms with E-state index in [2.05, 4.69) is 22.2 Å². The molecule has 0 aliphatic carbocycles. The Morgan fingerprint density at radius 3 is 1.36 bits per heavy atom. The fourth-order valence-electron chi connectivity index (χ4n) is 2.51. The Labute approximate surface area is 87.6 Å². The van der Waals surface area contributed by atoms with Crippen molar-refractivity contribution in [2.75, 3.05) is 33.2 Å². The molecule has 0 radical (unpaired) electrons. The van der Waals surface area contributed by atoms with Crippen LogP contribution in [0.25, 0.3) is 0 Å². The van der Waals surface area contributed by atoms with Crippen molar-refractivity contribution < 1.29 is 0 Å². The van der Waals surface area contributed by atoms with Gasteiger partial charge in [0, 0.05) is 33.2 Å². The highest BCUT2D eigenvalue weighted by atomic mass is 15.8. The van der Waals surface area contributed by atoms with Crippen LogP contribution in [0, 0.1) is 0 Å². The molecule has 0 aromatic rings. The fraction of sp³-hybridized carbons (Fsp3) is 1.00. The third-order valence-electron chi connectivity index (χ3n) is 3.48. The van der Waals surface area contributed by atoms with Crippen molar-refractivity contribution >= 4 is 0 Å². The second-order valence-electron chi connectivity index (χ2n) is 4.52. The van der Waals surface area contributed by atoms with Crippen LogP contribution >= 0.6 is 0 Å². The minimum atomic E-state index is 1.26. The van der Waals surface area contributed by atoms with E-state index in [1.165, 1.54) is 64.7 Å². The monoisotopic (exact) mass is 197 g/mol. The van der Waals surface area contributed by atoms with Gasteiger partial charge in [-0.1, -0.05) is 12.8 Å². The summed E-state index contributed by atoms with van der Waals surface area (Å²) in [6.07, 6.45) is 8.33. The predicted octanol–water partition coefficient (Wildman–Crippen LogP) is 1.72. The van der Waals surface area contributed by atoms with E-state index in [0.717, 1.165) is 0 Å². The van der Waals surface area contributed by atoms with E-state index in [9.17, 15) is 0 Å². The highest BCUT2D eigenvalue weighted by Gasteiger charge is 2.21. The average Bonchev–Trinajstić information content (AvgIpc) is 2.30. The highest BCUT2D eigenvalue weighted by Crippen LogP contribution is 2.16. The van der Waals surface area contributed by atoms with Gasteiger partial charge in [0.15, 0.2) is 0 Å². The quantitative estimate of drug-likeness (QED) is 0.667. The minimum Gasteiger partial charge on any atom is -0.228 e. The predicted molar refractivity (Wildman–Crippen MR) is 58.6 cm³/mol. The standard InChI is InChI=1S/C11H23N3/c1-12(13-8-4-2-5-9-13)14-10-6-3-7-11-14/h2-11H2,1H3. The molecule has 0 atom stereocenters. The van der Waals surface area contributed by atoms with Gasteiger partial charge in [0.25, 0.3) is 0 Å². The van der Waals surface area contributed by atoms with Crippen LogP contribution in [-0.2, 0) is 0 Å². The van der Waals surface area contributed by atoms with Gasteiger partial charge in [-0.25, -0.2) is 10.0 Å². The van der Waals surface area contributed by atoms with E-state index < -0.39 is 0 Å². The third-order valence-corrected chi connectivity index (χ3v) is 3.48. The Bertz CT molecular complexity index is 142. The summed E-state index contributed by atoms with van der Waals surface area (Å²) in [6.45, 7) is 5.03. The maximum Gasteiger partial charge on any atom is 0.0179 e. The lowest BCUT2D eigenvalue weighted by molar-refractivity contribution is -0.179. The summed E-state index contributed by atoms with van der Waals surface area (Å²) in [5.41, 5.74) is 0. The van der Waals surface area contributed by atoms with Crippen LogP contribution in [0.1, 0.15) is 38.5 Å². The molecule has 0 aromatic carbocycles. The molecule has 2 fully saturated rings. The van der Waals surface area contributed by atoms with Crippen LogP contribution in [0.5, 0.6) is 0 Å². The Balaban J connectivity index is 1.82. The molecule has 3 nitrogen and oxygen atoms in total. The molecule has 0 aromatic heterocycles. The summed E-state index contributed by atoms with van der Waals surface area (Å²) in [6, 6.07) is 0. The van der Waals surface area contributed by atoms with Gasteiger partial charge in [0.05, 0.1) is 0 Å². The van der Waals surface area contributed by atoms with Crippen molar-refractivity contribution in [3.05, 3.63) is 0 Å². The molecule has 2 heterocycles. The normalized spacial score (nSPS) is 27.0. The summed E-state index contributed by atoms with van der Waals surface area (Å²) in [5, 5.41) is 7.40. The van der Waals surface area contributed by atoms with Crippen LogP contribution < -0.4 is 0 Å². The molecule has 0 N–H and O–H groups in total. The zero-order chi connectivity index (χ0) is 9.80. The first-order chi connectivity index (χ1) is 6.88. The summed E-state index contributed by atoms with van der Waals surface area (Å²) in [5.74, 6) is 0. The van der Waals surface area contributed by atoms with Crippen molar-refractivity contribution in [3.63, 3.8) is 0 Å². The summed E-state index contributed by atoms with van der Waals surface area (Å²) >= 11 is 0. The molecule has 2 rings (SSSR count). The SMILES string of the molecule is CN(N1CCCCC1)N1CCCCC1. The molecule has 2 saturated heterocycles. The molecule has 0 amide bonds. The van der Waals surface area contributed by atoms with Gasteiger partial charge >= 0.3 is 0 Å². The van der Waals surface area contributed by atoms with E-state index in [0.29, 0.717) is 0 Å². The maximum atomic E-state index is 2.51. The van der Waals surface area contributed by atoms with E-state index in [4.69, 9.17) is 0 Å². The molecule has 14 heavy (non-hydrogen) atoms. The highest BCUT2D eigenvalue weighted by molar-refractivity contribution is 4.65. The zero-order valence-corrected chi connectivity index (χ0v) is 9.41. The summed E-state index contributed by atoms with van der Waals surface area (Å²) < 4.78 is 0.